The van der Waals surface area contributed by atoms with Crippen LogP contribution in [0.3, 0.4) is 0 Å². The van der Waals surface area contributed by atoms with Crippen molar-refractivity contribution in [2.45, 2.75) is 26.5 Å². The predicted octanol–water partition coefficient (Wildman–Crippen LogP) is 2.03. The van der Waals surface area contributed by atoms with Gasteiger partial charge in [-0.15, -0.1) is 0 Å². The molecule has 1 atom stereocenters. The van der Waals surface area contributed by atoms with Crippen molar-refractivity contribution in [1.82, 2.24) is 5.32 Å². The van der Waals surface area contributed by atoms with E-state index in [2.05, 4.69) is 10.1 Å². The van der Waals surface area contributed by atoms with Crippen molar-refractivity contribution in [3.05, 3.63) is 29.8 Å². The molecule has 4 nitrogen and oxygen atoms in total. The first-order valence-corrected chi connectivity index (χ1v) is 5.91. The van der Waals surface area contributed by atoms with Crippen LogP contribution in [-0.4, -0.2) is 30.3 Å². The van der Waals surface area contributed by atoms with Gasteiger partial charge in [-0.3, -0.25) is 4.79 Å². The normalized spacial score (nSPS) is 12.6. The van der Waals surface area contributed by atoms with E-state index in [1.54, 1.807) is 6.07 Å². The lowest BCUT2D eigenvalue weighted by molar-refractivity contribution is -0.0501. The summed E-state index contributed by atoms with van der Waals surface area (Å²) in [5, 5.41) is 11.7. The molecule has 1 aromatic carbocycles. The topological polar surface area (TPSA) is 58.6 Å². The summed E-state index contributed by atoms with van der Waals surface area (Å²) < 4.78 is 28.7. The lowest BCUT2D eigenvalue weighted by Gasteiger charge is -2.20. The Morgan fingerprint density at radius 2 is 2.00 bits per heavy atom. The third-order valence-corrected chi connectivity index (χ3v) is 2.67. The minimum absolute atomic E-state index is 0.0156. The number of hydrogen-bond acceptors (Lipinski definition) is 3. The molecular formula is C13H17F2NO3. The summed E-state index contributed by atoms with van der Waals surface area (Å²) in [6, 6.07) is 5.30. The Balaban J connectivity index is 2.87. The SMILES string of the molecule is CC(C)[C@@H](CO)NC(=O)c1ccccc1OC(F)F. The number of nitrogens with one attached hydrogen (secondary N) is 1. The van der Waals surface area contributed by atoms with E-state index >= 15 is 0 Å². The van der Waals surface area contributed by atoms with E-state index in [9.17, 15) is 13.6 Å². The molecule has 0 bridgehead atoms. The smallest absolute Gasteiger partial charge is 0.387 e. The van der Waals surface area contributed by atoms with Gasteiger partial charge in [0.15, 0.2) is 0 Å². The number of hydrogen-bond donors (Lipinski definition) is 2. The Labute approximate surface area is 110 Å². The Kier molecular flexibility index (Phi) is 5.69. The minimum Gasteiger partial charge on any atom is -0.434 e. The quantitative estimate of drug-likeness (QED) is 0.833. The number of rotatable bonds is 6. The molecule has 0 heterocycles. The number of amides is 1. The lowest BCUT2D eigenvalue weighted by atomic mass is 10.0. The number of ether oxygens (including phenoxy) is 1. The molecule has 19 heavy (non-hydrogen) atoms. The Morgan fingerprint density at radius 1 is 1.37 bits per heavy atom. The summed E-state index contributed by atoms with van der Waals surface area (Å²) in [5.74, 6) is -0.712. The van der Waals surface area contributed by atoms with E-state index in [1.165, 1.54) is 18.2 Å². The van der Waals surface area contributed by atoms with Crippen molar-refractivity contribution in [2.24, 2.45) is 5.92 Å². The molecule has 0 radical (unpaired) electrons. The summed E-state index contributed by atoms with van der Waals surface area (Å²) in [5.41, 5.74) is 0.0156. The Morgan fingerprint density at radius 3 is 2.53 bits per heavy atom. The first-order valence-electron chi connectivity index (χ1n) is 5.91. The van der Waals surface area contributed by atoms with E-state index in [1.807, 2.05) is 13.8 Å². The third kappa shape index (κ3) is 4.48. The molecule has 0 saturated heterocycles. The molecule has 0 unspecified atom stereocenters. The molecule has 0 spiro atoms. The van der Waals surface area contributed by atoms with Gasteiger partial charge >= 0.3 is 6.61 Å². The summed E-state index contributed by atoms with van der Waals surface area (Å²) in [4.78, 5) is 12.0. The van der Waals surface area contributed by atoms with Gasteiger partial charge in [0.25, 0.3) is 5.91 Å². The van der Waals surface area contributed by atoms with Crippen LogP contribution >= 0.6 is 0 Å². The summed E-state index contributed by atoms with van der Waals surface area (Å²) in [7, 11) is 0. The van der Waals surface area contributed by atoms with Gasteiger partial charge in [-0.2, -0.15) is 8.78 Å². The van der Waals surface area contributed by atoms with Crippen molar-refractivity contribution >= 4 is 5.91 Å². The van der Waals surface area contributed by atoms with Gasteiger partial charge in [-0.05, 0) is 18.1 Å². The van der Waals surface area contributed by atoms with E-state index in [0.29, 0.717) is 0 Å². The highest BCUT2D eigenvalue weighted by Crippen LogP contribution is 2.20. The zero-order valence-electron chi connectivity index (χ0n) is 10.8. The molecule has 1 aromatic rings. The average molecular weight is 273 g/mol. The maximum Gasteiger partial charge on any atom is 0.387 e. The molecule has 1 rings (SSSR count). The summed E-state index contributed by atoms with van der Waals surface area (Å²) in [6.45, 7) is 0.458. The van der Waals surface area contributed by atoms with Crippen LogP contribution in [0.4, 0.5) is 8.78 Å². The molecule has 0 aliphatic rings. The molecule has 1 amide bonds. The van der Waals surface area contributed by atoms with E-state index in [0.717, 1.165) is 0 Å². The van der Waals surface area contributed by atoms with Crippen LogP contribution in [0.25, 0.3) is 0 Å². The molecule has 2 N–H and O–H groups in total. The monoisotopic (exact) mass is 273 g/mol. The van der Waals surface area contributed by atoms with Gasteiger partial charge in [-0.25, -0.2) is 0 Å². The maximum absolute atomic E-state index is 12.2. The number of halogens is 2. The van der Waals surface area contributed by atoms with E-state index < -0.39 is 18.6 Å². The lowest BCUT2D eigenvalue weighted by Crippen LogP contribution is -2.41. The van der Waals surface area contributed by atoms with Crippen LogP contribution in [0.1, 0.15) is 24.2 Å². The molecule has 0 aliphatic heterocycles. The number of aliphatic hydroxyl groups is 1. The largest absolute Gasteiger partial charge is 0.434 e. The fourth-order valence-corrected chi connectivity index (χ4v) is 1.52. The van der Waals surface area contributed by atoms with Crippen LogP contribution < -0.4 is 10.1 Å². The Hall–Kier alpha value is -1.69. The standard InChI is InChI=1S/C13H17F2NO3/c1-8(2)10(7-17)16-12(18)9-5-3-4-6-11(9)19-13(14)15/h3-6,8,10,13,17H,7H2,1-2H3,(H,16,18)/t10-/m1/s1. The highest BCUT2D eigenvalue weighted by Gasteiger charge is 2.19. The van der Waals surface area contributed by atoms with Crippen molar-refractivity contribution in [3.63, 3.8) is 0 Å². The van der Waals surface area contributed by atoms with Gasteiger partial charge in [0, 0.05) is 0 Å². The van der Waals surface area contributed by atoms with Crippen molar-refractivity contribution < 1.29 is 23.4 Å². The minimum atomic E-state index is -2.99. The molecule has 0 aromatic heterocycles. The van der Waals surface area contributed by atoms with E-state index in [-0.39, 0.29) is 23.8 Å². The van der Waals surface area contributed by atoms with Crippen molar-refractivity contribution in [2.75, 3.05) is 6.61 Å². The molecule has 0 fully saturated rings. The van der Waals surface area contributed by atoms with Gasteiger partial charge in [-0.1, -0.05) is 26.0 Å². The molecule has 0 saturated carbocycles. The molecular weight excluding hydrogens is 256 g/mol. The zero-order valence-corrected chi connectivity index (χ0v) is 10.8. The fourth-order valence-electron chi connectivity index (χ4n) is 1.52. The van der Waals surface area contributed by atoms with Crippen LogP contribution in [-0.2, 0) is 0 Å². The Bertz CT molecular complexity index is 424. The fraction of sp³-hybridized carbons (Fsp3) is 0.462. The first-order chi connectivity index (χ1) is 8.95. The number of para-hydroxylation sites is 1. The van der Waals surface area contributed by atoms with E-state index in [4.69, 9.17) is 5.11 Å². The van der Waals surface area contributed by atoms with Gasteiger partial charge in [0.2, 0.25) is 0 Å². The van der Waals surface area contributed by atoms with Crippen molar-refractivity contribution in [1.29, 1.82) is 0 Å². The van der Waals surface area contributed by atoms with Crippen LogP contribution in [0.2, 0.25) is 0 Å². The predicted molar refractivity (Wildman–Crippen MR) is 66.3 cm³/mol. The van der Waals surface area contributed by atoms with Gasteiger partial charge in [0.05, 0.1) is 18.2 Å². The second kappa shape index (κ2) is 7.04. The maximum atomic E-state index is 12.2. The third-order valence-electron chi connectivity index (χ3n) is 2.67. The van der Waals surface area contributed by atoms with Crippen molar-refractivity contribution in [3.8, 4) is 5.75 Å². The summed E-state index contributed by atoms with van der Waals surface area (Å²) >= 11 is 0. The van der Waals surface area contributed by atoms with Gasteiger partial charge < -0.3 is 15.2 Å². The molecule has 106 valence electrons. The zero-order chi connectivity index (χ0) is 14.4. The number of alkyl halides is 2. The molecule has 6 heteroatoms. The van der Waals surface area contributed by atoms with Crippen LogP contribution in [0.5, 0.6) is 5.75 Å². The first kappa shape index (κ1) is 15.4. The number of aliphatic hydroxyl groups excluding tert-OH is 1. The number of carbonyl (C=O) groups excluding carboxylic acids is 1. The van der Waals surface area contributed by atoms with Crippen LogP contribution in [0.15, 0.2) is 24.3 Å². The van der Waals surface area contributed by atoms with Gasteiger partial charge in [0.1, 0.15) is 5.75 Å². The van der Waals surface area contributed by atoms with Crippen LogP contribution in [0, 0.1) is 5.92 Å². The highest BCUT2D eigenvalue weighted by molar-refractivity contribution is 5.97. The second-order valence-electron chi connectivity index (χ2n) is 4.38. The molecule has 0 aliphatic carbocycles. The second-order valence-corrected chi connectivity index (χ2v) is 4.38. The average Bonchev–Trinajstić information content (AvgIpc) is 2.35. The number of benzene rings is 1. The summed E-state index contributed by atoms with van der Waals surface area (Å²) in [6.07, 6.45) is 0. The number of carbonyl (C=O) groups is 1. The highest BCUT2D eigenvalue weighted by atomic mass is 19.3.